The van der Waals surface area contributed by atoms with Crippen LogP contribution in [0.15, 0.2) is 42.5 Å². The molecule has 0 saturated heterocycles. The maximum atomic E-state index is 5.91. The van der Waals surface area contributed by atoms with E-state index in [0.717, 1.165) is 39.0 Å². The summed E-state index contributed by atoms with van der Waals surface area (Å²) in [6.45, 7) is 3.47. The van der Waals surface area contributed by atoms with Gasteiger partial charge in [0.05, 0.1) is 16.8 Å². The second kappa shape index (κ2) is 6.77. The summed E-state index contributed by atoms with van der Waals surface area (Å²) in [7, 11) is 1.69. The van der Waals surface area contributed by atoms with Crippen molar-refractivity contribution in [1.82, 2.24) is 4.98 Å². The summed E-state index contributed by atoms with van der Waals surface area (Å²) in [5.41, 5.74) is 2.13. The molecule has 1 N–H and O–H groups in total. The van der Waals surface area contributed by atoms with E-state index in [-0.39, 0.29) is 0 Å². The van der Waals surface area contributed by atoms with Gasteiger partial charge in [0.2, 0.25) is 0 Å². The molecule has 0 aliphatic rings. The summed E-state index contributed by atoms with van der Waals surface area (Å²) in [5.74, 6) is 1.67. The van der Waals surface area contributed by atoms with Crippen LogP contribution < -0.4 is 10.1 Å². The molecule has 0 fully saturated rings. The number of hydrogen-bond acceptors (Lipinski definition) is 5. The van der Waals surface area contributed by atoms with Crippen molar-refractivity contribution in [3.05, 3.63) is 48.0 Å². The van der Waals surface area contributed by atoms with Gasteiger partial charge < -0.3 is 14.8 Å². The predicted molar refractivity (Wildman–Crippen MR) is 91.2 cm³/mol. The van der Waals surface area contributed by atoms with Crippen molar-refractivity contribution >= 4 is 26.7 Å². The third-order valence-electron chi connectivity index (χ3n) is 3.22. The Hall–Kier alpha value is -2.11. The Labute approximate surface area is 133 Å². The molecular weight excluding hydrogens is 296 g/mol. The number of anilines is 1. The maximum Gasteiger partial charge on any atom is 0.183 e. The third-order valence-corrected chi connectivity index (χ3v) is 4.18. The van der Waals surface area contributed by atoms with E-state index in [1.807, 2.05) is 42.5 Å². The lowest BCUT2D eigenvalue weighted by atomic mass is 10.2. The lowest BCUT2D eigenvalue weighted by Crippen LogP contribution is -2.06. The van der Waals surface area contributed by atoms with Gasteiger partial charge in [-0.05, 0) is 30.7 Å². The molecule has 0 aliphatic carbocycles. The molecule has 114 valence electrons. The predicted octanol–water partition coefficient (Wildman–Crippen LogP) is 4.46. The van der Waals surface area contributed by atoms with Crippen molar-refractivity contribution < 1.29 is 9.47 Å². The number of nitrogens with zero attached hydrogens (tertiary/aromatic N) is 1. The van der Waals surface area contributed by atoms with E-state index < -0.39 is 0 Å². The summed E-state index contributed by atoms with van der Waals surface area (Å²) in [6.07, 6.45) is 0. The monoisotopic (exact) mass is 314 g/mol. The standard InChI is InChI=1S/C17H18N2O2S/c1-12-10-14(21-13-6-4-3-5-7-13)11-15-16(12)19-17(22-15)18-8-9-20-2/h3-7,10-11H,8-9H2,1-2H3,(H,18,19). The molecule has 0 bridgehead atoms. The number of aromatic nitrogens is 1. The Bertz CT molecular complexity index is 756. The molecule has 0 radical (unpaired) electrons. The number of nitrogens with one attached hydrogen (secondary N) is 1. The fraction of sp³-hybridized carbons (Fsp3) is 0.235. The second-order valence-electron chi connectivity index (χ2n) is 4.94. The first-order chi connectivity index (χ1) is 10.8. The zero-order valence-electron chi connectivity index (χ0n) is 12.6. The highest BCUT2D eigenvalue weighted by Crippen LogP contribution is 2.33. The van der Waals surface area contributed by atoms with Crippen LogP contribution in [0.5, 0.6) is 11.5 Å². The van der Waals surface area contributed by atoms with Gasteiger partial charge in [0.1, 0.15) is 11.5 Å². The van der Waals surface area contributed by atoms with Gasteiger partial charge in [-0.15, -0.1) is 0 Å². The van der Waals surface area contributed by atoms with E-state index in [2.05, 4.69) is 17.2 Å². The van der Waals surface area contributed by atoms with E-state index in [1.165, 1.54) is 0 Å². The topological polar surface area (TPSA) is 43.4 Å². The van der Waals surface area contributed by atoms with E-state index in [9.17, 15) is 0 Å². The maximum absolute atomic E-state index is 5.91. The van der Waals surface area contributed by atoms with E-state index >= 15 is 0 Å². The SMILES string of the molecule is COCCNc1nc2c(C)cc(Oc3ccccc3)cc2s1. The quantitative estimate of drug-likeness (QED) is 0.682. The number of ether oxygens (including phenoxy) is 2. The lowest BCUT2D eigenvalue weighted by molar-refractivity contribution is 0.211. The van der Waals surface area contributed by atoms with Crippen molar-refractivity contribution in [2.24, 2.45) is 0 Å². The van der Waals surface area contributed by atoms with Crippen LogP contribution in [0.1, 0.15) is 5.56 Å². The number of benzene rings is 2. The smallest absolute Gasteiger partial charge is 0.183 e. The highest BCUT2D eigenvalue weighted by atomic mass is 32.1. The highest BCUT2D eigenvalue weighted by molar-refractivity contribution is 7.22. The minimum atomic E-state index is 0.664. The highest BCUT2D eigenvalue weighted by Gasteiger charge is 2.09. The molecule has 0 unspecified atom stereocenters. The average Bonchev–Trinajstić information content (AvgIpc) is 2.92. The van der Waals surface area contributed by atoms with Crippen LogP contribution in [0.25, 0.3) is 10.2 Å². The molecule has 2 aromatic carbocycles. The fourth-order valence-electron chi connectivity index (χ4n) is 2.18. The van der Waals surface area contributed by atoms with E-state index in [1.54, 1.807) is 18.4 Å². The first-order valence-corrected chi connectivity index (χ1v) is 7.95. The summed E-state index contributed by atoms with van der Waals surface area (Å²) in [4.78, 5) is 4.63. The van der Waals surface area contributed by atoms with E-state index in [4.69, 9.17) is 9.47 Å². The van der Waals surface area contributed by atoms with Crippen LogP contribution in [-0.4, -0.2) is 25.2 Å². The summed E-state index contributed by atoms with van der Waals surface area (Å²) in [6, 6.07) is 13.9. The van der Waals surface area contributed by atoms with Gasteiger partial charge in [-0.25, -0.2) is 4.98 Å². The fourth-order valence-corrected chi connectivity index (χ4v) is 3.18. The van der Waals surface area contributed by atoms with Gasteiger partial charge >= 0.3 is 0 Å². The molecule has 0 saturated carbocycles. The number of rotatable bonds is 6. The Balaban J connectivity index is 1.84. The van der Waals surface area contributed by atoms with Crippen LogP contribution >= 0.6 is 11.3 Å². The number of aryl methyl sites for hydroxylation is 1. The molecular formula is C17H18N2O2S. The van der Waals surface area contributed by atoms with Crippen LogP contribution in [0, 0.1) is 6.92 Å². The molecule has 0 atom stereocenters. The first kappa shape index (κ1) is 14.8. The molecule has 3 rings (SSSR count). The Morgan fingerprint density at radius 3 is 2.73 bits per heavy atom. The zero-order chi connectivity index (χ0) is 15.4. The Morgan fingerprint density at radius 2 is 1.95 bits per heavy atom. The van der Waals surface area contributed by atoms with Gasteiger partial charge in [-0.3, -0.25) is 0 Å². The van der Waals surface area contributed by atoms with Crippen LogP contribution in [0.4, 0.5) is 5.13 Å². The zero-order valence-corrected chi connectivity index (χ0v) is 13.4. The number of thiazole rings is 1. The van der Waals surface area contributed by atoms with E-state index in [0.29, 0.717) is 6.61 Å². The van der Waals surface area contributed by atoms with Gasteiger partial charge in [0, 0.05) is 19.7 Å². The molecule has 3 aromatic rings. The third kappa shape index (κ3) is 3.37. The van der Waals surface area contributed by atoms with Crippen LogP contribution in [-0.2, 0) is 4.74 Å². The van der Waals surface area contributed by atoms with Crippen molar-refractivity contribution in [2.75, 3.05) is 25.6 Å². The first-order valence-electron chi connectivity index (χ1n) is 7.13. The number of hydrogen-bond donors (Lipinski definition) is 1. The van der Waals surface area contributed by atoms with Crippen LogP contribution in [0.3, 0.4) is 0 Å². The van der Waals surface area contributed by atoms with Crippen molar-refractivity contribution in [3.8, 4) is 11.5 Å². The number of para-hydroxylation sites is 1. The summed E-state index contributed by atoms with van der Waals surface area (Å²) in [5, 5.41) is 4.18. The molecule has 1 heterocycles. The molecule has 0 amide bonds. The molecule has 0 aliphatic heterocycles. The number of fused-ring (bicyclic) bond motifs is 1. The molecule has 4 nitrogen and oxygen atoms in total. The van der Waals surface area contributed by atoms with Crippen LogP contribution in [0.2, 0.25) is 0 Å². The Kier molecular flexibility index (Phi) is 4.56. The molecule has 5 heteroatoms. The van der Waals surface area contributed by atoms with Gasteiger partial charge in [0.15, 0.2) is 5.13 Å². The van der Waals surface area contributed by atoms with Crippen molar-refractivity contribution in [1.29, 1.82) is 0 Å². The molecule has 1 aromatic heterocycles. The summed E-state index contributed by atoms with van der Waals surface area (Å²) >= 11 is 1.63. The van der Waals surface area contributed by atoms with Crippen molar-refractivity contribution in [3.63, 3.8) is 0 Å². The lowest BCUT2D eigenvalue weighted by Gasteiger charge is -2.06. The minimum Gasteiger partial charge on any atom is -0.457 e. The number of methoxy groups -OCH3 is 1. The summed E-state index contributed by atoms with van der Waals surface area (Å²) < 4.78 is 12.1. The van der Waals surface area contributed by atoms with Crippen molar-refractivity contribution in [2.45, 2.75) is 6.92 Å². The minimum absolute atomic E-state index is 0.664. The van der Waals surface area contributed by atoms with Gasteiger partial charge in [0.25, 0.3) is 0 Å². The van der Waals surface area contributed by atoms with Gasteiger partial charge in [-0.2, -0.15) is 0 Å². The molecule has 22 heavy (non-hydrogen) atoms. The Morgan fingerprint density at radius 1 is 1.14 bits per heavy atom. The average molecular weight is 314 g/mol. The normalized spacial score (nSPS) is 10.8. The second-order valence-corrected chi connectivity index (χ2v) is 5.97. The largest absolute Gasteiger partial charge is 0.457 e. The van der Waals surface area contributed by atoms with Gasteiger partial charge in [-0.1, -0.05) is 29.5 Å². The molecule has 0 spiro atoms.